The number of nitrogens with one attached hydrogen (secondary N) is 1. The Morgan fingerprint density at radius 3 is 2.23 bits per heavy atom. The third-order valence-electron chi connectivity index (χ3n) is 4.52. The second kappa shape index (κ2) is 9.60. The monoisotopic (exact) mass is 405 g/mol. The van der Waals surface area contributed by atoms with Crippen LogP contribution in [0.3, 0.4) is 0 Å². The highest BCUT2D eigenvalue weighted by Crippen LogP contribution is 2.24. The molecule has 0 saturated heterocycles. The van der Waals surface area contributed by atoms with Gasteiger partial charge in [-0.1, -0.05) is 12.1 Å². The van der Waals surface area contributed by atoms with Crippen LogP contribution in [-0.2, 0) is 6.61 Å². The van der Waals surface area contributed by atoms with Crippen molar-refractivity contribution in [2.45, 2.75) is 13.5 Å². The molecule has 6 heteroatoms. The van der Waals surface area contributed by atoms with Crippen LogP contribution in [0.15, 0.2) is 66.7 Å². The molecule has 0 aliphatic carbocycles. The number of amides is 1. The van der Waals surface area contributed by atoms with Crippen molar-refractivity contribution in [2.24, 2.45) is 0 Å². The van der Waals surface area contributed by atoms with Gasteiger partial charge in [0, 0.05) is 22.4 Å². The topological polar surface area (TPSA) is 73.9 Å². The maximum absolute atomic E-state index is 12.7. The lowest BCUT2D eigenvalue weighted by Crippen LogP contribution is -2.13. The van der Waals surface area contributed by atoms with Crippen LogP contribution in [0.1, 0.15) is 33.2 Å². The Bertz CT molecular complexity index is 1040. The lowest BCUT2D eigenvalue weighted by molar-refractivity contribution is 0.101. The Balaban J connectivity index is 1.74. The second-order valence-electron chi connectivity index (χ2n) is 6.58. The van der Waals surface area contributed by atoms with E-state index in [1.54, 1.807) is 56.7 Å². The van der Waals surface area contributed by atoms with Crippen molar-refractivity contribution >= 4 is 17.4 Å². The summed E-state index contributed by atoms with van der Waals surface area (Å²) in [5, 5.41) is 2.82. The number of ether oxygens (including phenoxy) is 3. The molecule has 0 bridgehead atoms. The maximum Gasteiger partial charge on any atom is 0.255 e. The summed E-state index contributed by atoms with van der Waals surface area (Å²) in [6.07, 6.45) is 0. The molecule has 6 nitrogen and oxygen atoms in total. The molecule has 154 valence electrons. The Labute approximate surface area is 175 Å². The van der Waals surface area contributed by atoms with E-state index in [1.807, 2.05) is 24.3 Å². The Hall–Kier alpha value is -3.80. The summed E-state index contributed by atoms with van der Waals surface area (Å²) in [5.41, 5.74) is 2.28. The van der Waals surface area contributed by atoms with Crippen molar-refractivity contribution in [3.63, 3.8) is 0 Å². The first kappa shape index (κ1) is 20.9. The van der Waals surface area contributed by atoms with Gasteiger partial charge >= 0.3 is 0 Å². The molecule has 0 spiro atoms. The number of carbonyl (C=O) groups is 2. The number of rotatable bonds is 8. The van der Waals surface area contributed by atoms with Gasteiger partial charge in [-0.05, 0) is 61.5 Å². The van der Waals surface area contributed by atoms with Crippen LogP contribution in [0.25, 0.3) is 0 Å². The molecule has 1 N–H and O–H groups in total. The first-order valence-corrected chi connectivity index (χ1v) is 9.36. The van der Waals surface area contributed by atoms with E-state index in [9.17, 15) is 9.59 Å². The third kappa shape index (κ3) is 5.17. The number of hydrogen-bond donors (Lipinski definition) is 1. The minimum Gasteiger partial charge on any atom is -0.497 e. The third-order valence-corrected chi connectivity index (χ3v) is 4.52. The molecule has 1 amide bonds. The number of anilines is 1. The summed E-state index contributed by atoms with van der Waals surface area (Å²) < 4.78 is 16.4. The van der Waals surface area contributed by atoms with Crippen LogP contribution in [0.4, 0.5) is 5.69 Å². The fourth-order valence-electron chi connectivity index (χ4n) is 2.88. The number of hydrogen-bond acceptors (Lipinski definition) is 5. The molecule has 0 fully saturated rings. The van der Waals surface area contributed by atoms with Gasteiger partial charge in [-0.3, -0.25) is 9.59 Å². The molecule has 0 radical (unpaired) electrons. The average Bonchev–Trinajstić information content (AvgIpc) is 2.78. The molecule has 0 heterocycles. The van der Waals surface area contributed by atoms with Crippen LogP contribution in [0.2, 0.25) is 0 Å². The van der Waals surface area contributed by atoms with Crippen molar-refractivity contribution in [3.8, 4) is 17.2 Å². The van der Waals surface area contributed by atoms with Crippen LogP contribution in [-0.4, -0.2) is 25.9 Å². The van der Waals surface area contributed by atoms with E-state index in [-0.39, 0.29) is 18.3 Å². The highest BCUT2D eigenvalue weighted by Gasteiger charge is 2.12. The van der Waals surface area contributed by atoms with Crippen LogP contribution < -0.4 is 19.5 Å². The molecule has 30 heavy (non-hydrogen) atoms. The zero-order valence-electron chi connectivity index (χ0n) is 17.1. The van der Waals surface area contributed by atoms with Gasteiger partial charge in [0.05, 0.1) is 14.2 Å². The normalized spacial score (nSPS) is 10.2. The number of ketones is 1. The molecule has 3 rings (SSSR count). The van der Waals surface area contributed by atoms with Crippen molar-refractivity contribution in [1.29, 1.82) is 0 Å². The summed E-state index contributed by atoms with van der Waals surface area (Å²) in [4.78, 5) is 24.2. The smallest absolute Gasteiger partial charge is 0.255 e. The molecule has 0 aliphatic rings. The number of Topliss-reactive ketones (excluding diaryl/α,β-unsaturated/α-hetero) is 1. The van der Waals surface area contributed by atoms with Gasteiger partial charge in [0.2, 0.25) is 0 Å². The molecule has 0 aromatic heterocycles. The first-order valence-electron chi connectivity index (χ1n) is 9.36. The zero-order valence-corrected chi connectivity index (χ0v) is 17.1. The van der Waals surface area contributed by atoms with Gasteiger partial charge in [0.1, 0.15) is 23.9 Å². The molecule has 3 aromatic rings. The Morgan fingerprint density at radius 2 is 1.57 bits per heavy atom. The number of carbonyl (C=O) groups excluding carboxylic acids is 2. The highest BCUT2D eigenvalue weighted by atomic mass is 16.5. The van der Waals surface area contributed by atoms with Crippen LogP contribution >= 0.6 is 0 Å². The first-order chi connectivity index (χ1) is 14.5. The zero-order chi connectivity index (χ0) is 21.5. The van der Waals surface area contributed by atoms with Gasteiger partial charge < -0.3 is 19.5 Å². The van der Waals surface area contributed by atoms with E-state index in [0.29, 0.717) is 28.3 Å². The number of methoxy groups -OCH3 is 2. The Kier molecular flexibility index (Phi) is 6.70. The molecule has 0 aliphatic heterocycles. The van der Waals surface area contributed by atoms with Crippen LogP contribution in [0.5, 0.6) is 17.2 Å². The van der Waals surface area contributed by atoms with E-state index in [2.05, 4.69) is 5.32 Å². The molecular formula is C24H23NO5. The molecule has 0 saturated carbocycles. The predicted octanol–water partition coefficient (Wildman–Crippen LogP) is 4.74. The lowest BCUT2D eigenvalue weighted by Gasteiger charge is -2.13. The SMILES string of the molecule is COc1ccc(OCc2cc(C(=O)Nc3cccc(C(C)=O)c3)ccc2OC)cc1. The van der Waals surface area contributed by atoms with Crippen molar-refractivity contribution in [2.75, 3.05) is 19.5 Å². The minimum absolute atomic E-state index is 0.0616. The highest BCUT2D eigenvalue weighted by molar-refractivity contribution is 6.05. The standard InChI is InChI=1S/C24H23NO5/c1-16(26)17-5-4-6-20(14-17)25-24(27)18-7-12-23(29-3)19(13-18)15-30-22-10-8-21(28-2)9-11-22/h4-14H,15H2,1-3H3,(H,25,27). The fourth-order valence-corrected chi connectivity index (χ4v) is 2.88. The van der Waals surface area contributed by atoms with Gasteiger partial charge in [-0.2, -0.15) is 0 Å². The maximum atomic E-state index is 12.7. The summed E-state index contributed by atoms with van der Waals surface area (Å²) in [6, 6.07) is 19.2. The largest absolute Gasteiger partial charge is 0.497 e. The number of benzene rings is 3. The molecule has 3 aromatic carbocycles. The van der Waals surface area contributed by atoms with Gasteiger partial charge in [-0.25, -0.2) is 0 Å². The second-order valence-corrected chi connectivity index (χ2v) is 6.58. The van der Waals surface area contributed by atoms with E-state index >= 15 is 0 Å². The molecule has 0 atom stereocenters. The average molecular weight is 405 g/mol. The van der Waals surface area contributed by atoms with Gasteiger partial charge in [0.25, 0.3) is 5.91 Å². The molecule has 0 unspecified atom stereocenters. The quantitative estimate of drug-likeness (QED) is 0.548. The van der Waals surface area contributed by atoms with E-state index in [1.165, 1.54) is 6.92 Å². The molecular weight excluding hydrogens is 382 g/mol. The summed E-state index contributed by atoms with van der Waals surface area (Å²) in [5.74, 6) is 1.69. The van der Waals surface area contributed by atoms with Gasteiger partial charge in [0.15, 0.2) is 5.78 Å². The Morgan fingerprint density at radius 1 is 0.833 bits per heavy atom. The van der Waals surface area contributed by atoms with Crippen LogP contribution in [0, 0.1) is 0 Å². The van der Waals surface area contributed by atoms with Crippen molar-refractivity contribution in [1.82, 2.24) is 0 Å². The van der Waals surface area contributed by atoms with Crippen molar-refractivity contribution < 1.29 is 23.8 Å². The van der Waals surface area contributed by atoms with Crippen molar-refractivity contribution in [3.05, 3.63) is 83.4 Å². The van der Waals surface area contributed by atoms with E-state index in [4.69, 9.17) is 14.2 Å². The summed E-state index contributed by atoms with van der Waals surface area (Å²) in [6.45, 7) is 1.72. The fraction of sp³-hybridized carbons (Fsp3) is 0.167. The predicted molar refractivity (Wildman–Crippen MR) is 115 cm³/mol. The lowest BCUT2D eigenvalue weighted by atomic mass is 10.1. The van der Waals surface area contributed by atoms with Gasteiger partial charge in [-0.15, -0.1) is 0 Å². The van der Waals surface area contributed by atoms with E-state index < -0.39 is 0 Å². The summed E-state index contributed by atoms with van der Waals surface area (Å²) in [7, 11) is 3.17. The summed E-state index contributed by atoms with van der Waals surface area (Å²) >= 11 is 0. The van der Waals surface area contributed by atoms with E-state index in [0.717, 1.165) is 11.3 Å². The minimum atomic E-state index is -0.288.